The number of pyridine rings is 1. The Bertz CT molecular complexity index is 1030. The lowest BCUT2D eigenvalue weighted by Gasteiger charge is -2.36. The molecule has 0 spiro atoms. The van der Waals surface area contributed by atoms with E-state index in [-0.39, 0.29) is 11.9 Å². The number of carbonyl (C=O) groups excluding carboxylic acids is 1. The number of piperazine rings is 1. The molecule has 0 radical (unpaired) electrons. The fourth-order valence-corrected chi connectivity index (χ4v) is 3.76. The predicted molar refractivity (Wildman–Crippen MR) is 119 cm³/mol. The quantitative estimate of drug-likeness (QED) is 0.656. The number of carbonyl (C=O) groups is 1. The van der Waals surface area contributed by atoms with Gasteiger partial charge < -0.3 is 9.84 Å². The molecule has 1 aliphatic heterocycles. The van der Waals surface area contributed by atoms with Crippen LogP contribution in [0.4, 0.5) is 5.69 Å². The minimum Gasteiger partial charge on any atom is -0.337 e. The molecule has 1 atom stereocenters. The van der Waals surface area contributed by atoms with Crippen molar-refractivity contribution >= 4 is 11.6 Å². The van der Waals surface area contributed by atoms with Crippen LogP contribution in [0.1, 0.15) is 30.0 Å². The topological polar surface area (TPSA) is 87.4 Å². The molecule has 8 heteroatoms. The van der Waals surface area contributed by atoms with Crippen molar-refractivity contribution < 1.29 is 9.32 Å². The monoisotopic (exact) mass is 420 g/mol. The number of rotatable bonds is 6. The highest BCUT2D eigenvalue weighted by molar-refractivity contribution is 5.93. The van der Waals surface area contributed by atoms with Gasteiger partial charge in [0.05, 0.1) is 12.6 Å². The maximum atomic E-state index is 12.5. The predicted octanol–water partition coefficient (Wildman–Crippen LogP) is 3.07. The van der Waals surface area contributed by atoms with Crippen LogP contribution in [0.2, 0.25) is 0 Å². The van der Waals surface area contributed by atoms with E-state index >= 15 is 0 Å². The molecule has 2 aromatic heterocycles. The summed E-state index contributed by atoms with van der Waals surface area (Å²) in [6.07, 6.45) is 3.44. The Labute approximate surface area is 182 Å². The van der Waals surface area contributed by atoms with Gasteiger partial charge in [-0.25, -0.2) is 0 Å². The Hall–Kier alpha value is -3.10. The summed E-state index contributed by atoms with van der Waals surface area (Å²) in [5.41, 5.74) is 4.01. The summed E-state index contributed by atoms with van der Waals surface area (Å²) < 4.78 is 5.50. The molecule has 0 aliphatic carbocycles. The molecule has 1 unspecified atom stereocenters. The first-order valence-corrected chi connectivity index (χ1v) is 10.6. The van der Waals surface area contributed by atoms with E-state index in [1.807, 2.05) is 31.2 Å². The molecule has 162 valence electrons. The van der Waals surface area contributed by atoms with Crippen LogP contribution in [0.3, 0.4) is 0 Å². The smallest absolute Gasteiger partial charge is 0.244 e. The maximum absolute atomic E-state index is 12.5. The van der Waals surface area contributed by atoms with Crippen molar-refractivity contribution in [2.45, 2.75) is 26.8 Å². The number of hydrogen-bond acceptors (Lipinski definition) is 7. The molecule has 1 amide bonds. The van der Waals surface area contributed by atoms with Crippen molar-refractivity contribution in [2.75, 3.05) is 38.0 Å². The summed E-state index contributed by atoms with van der Waals surface area (Å²) >= 11 is 0. The zero-order chi connectivity index (χ0) is 21.8. The molecule has 0 bridgehead atoms. The van der Waals surface area contributed by atoms with Crippen molar-refractivity contribution in [3.63, 3.8) is 0 Å². The second-order valence-corrected chi connectivity index (χ2v) is 7.98. The summed E-state index contributed by atoms with van der Waals surface area (Å²) in [7, 11) is 0. The van der Waals surface area contributed by atoms with E-state index in [1.165, 1.54) is 5.56 Å². The second kappa shape index (κ2) is 9.36. The van der Waals surface area contributed by atoms with Crippen molar-refractivity contribution in [3.8, 4) is 11.4 Å². The Morgan fingerprint density at radius 2 is 1.97 bits per heavy atom. The van der Waals surface area contributed by atoms with Crippen LogP contribution in [0, 0.1) is 13.8 Å². The molecule has 1 N–H and O–H groups in total. The minimum atomic E-state index is 0.0174. The third-order valence-electron chi connectivity index (χ3n) is 5.92. The van der Waals surface area contributed by atoms with Crippen LogP contribution in [0.25, 0.3) is 11.4 Å². The average molecular weight is 421 g/mol. The van der Waals surface area contributed by atoms with Gasteiger partial charge in [0, 0.05) is 49.8 Å². The molecule has 1 fully saturated rings. The number of nitrogens with one attached hydrogen (secondary N) is 1. The molecule has 1 aliphatic rings. The third-order valence-corrected chi connectivity index (χ3v) is 5.92. The van der Waals surface area contributed by atoms with E-state index in [9.17, 15) is 4.79 Å². The molecule has 4 rings (SSSR count). The summed E-state index contributed by atoms with van der Waals surface area (Å²) in [4.78, 5) is 25.6. The molecule has 0 saturated carbocycles. The number of hydrogen-bond donors (Lipinski definition) is 1. The summed E-state index contributed by atoms with van der Waals surface area (Å²) in [6, 6.07) is 9.75. The van der Waals surface area contributed by atoms with Gasteiger partial charge in [-0.15, -0.1) is 0 Å². The highest BCUT2D eigenvalue weighted by Crippen LogP contribution is 2.23. The fourth-order valence-electron chi connectivity index (χ4n) is 3.76. The standard InChI is InChI=1S/C23H28N6O2/c1-16-6-4-8-20(17(16)2)25-21(30)15-28-10-12-29(13-11-28)18(3)23-26-22(27-31-23)19-7-5-9-24-14-19/h4-9,14,18H,10-13,15H2,1-3H3,(H,25,30). The largest absolute Gasteiger partial charge is 0.337 e. The molecule has 31 heavy (non-hydrogen) atoms. The van der Waals surface area contributed by atoms with Crippen molar-refractivity contribution in [3.05, 3.63) is 59.7 Å². The number of anilines is 1. The normalized spacial score (nSPS) is 16.2. The van der Waals surface area contributed by atoms with Gasteiger partial charge in [0.1, 0.15) is 0 Å². The number of amides is 1. The van der Waals surface area contributed by atoms with Crippen molar-refractivity contribution in [2.24, 2.45) is 0 Å². The number of aryl methyl sites for hydroxylation is 1. The first kappa shape index (κ1) is 21.1. The Kier molecular flexibility index (Phi) is 6.39. The first-order valence-electron chi connectivity index (χ1n) is 10.6. The van der Waals surface area contributed by atoms with Gasteiger partial charge in [-0.2, -0.15) is 4.98 Å². The summed E-state index contributed by atoms with van der Waals surface area (Å²) in [6.45, 7) is 9.84. The Balaban J connectivity index is 1.29. The maximum Gasteiger partial charge on any atom is 0.244 e. The zero-order valence-corrected chi connectivity index (χ0v) is 18.2. The fraction of sp³-hybridized carbons (Fsp3) is 0.391. The third kappa shape index (κ3) is 4.98. The highest BCUT2D eigenvalue weighted by atomic mass is 16.5. The molecule has 1 aromatic carbocycles. The molecule has 1 saturated heterocycles. The lowest BCUT2D eigenvalue weighted by atomic mass is 10.1. The number of benzene rings is 1. The van der Waals surface area contributed by atoms with Crippen LogP contribution in [0.15, 0.2) is 47.2 Å². The molecule has 3 heterocycles. The van der Waals surface area contributed by atoms with E-state index in [0.29, 0.717) is 18.3 Å². The lowest BCUT2D eigenvalue weighted by molar-refractivity contribution is -0.117. The van der Waals surface area contributed by atoms with Gasteiger partial charge in [-0.3, -0.25) is 19.6 Å². The van der Waals surface area contributed by atoms with Crippen LogP contribution >= 0.6 is 0 Å². The minimum absolute atomic E-state index is 0.0174. The van der Waals surface area contributed by atoms with E-state index < -0.39 is 0 Å². The second-order valence-electron chi connectivity index (χ2n) is 7.98. The van der Waals surface area contributed by atoms with Crippen LogP contribution in [-0.4, -0.2) is 63.6 Å². The molecule has 8 nitrogen and oxygen atoms in total. The van der Waals surface area contributed by atoms with Gasteiger partial charge in [0.25, 0.3) is 0 Å². The van der Waals surface area contributed by atoms with Crippen LogP contribution in [-0.2, 0) is 4.79 Å². The van der Waals surface area contributed by atoms with Crippen LogP contribution in [0.5, 0.6) is 0 Å². The van der Waals surface area contributed by atoms with Gasteiger partial charge in [-0.05, 0) is 50.1 Å². The SMILES string of the molecule is Cc1cccc(NC(=O)CN2CCN(C(C)c3nc(-c4cccnc4)no3)CC2)c1C. The summed E-state index contributed by atoms with van der Waals surface area (Å²) in [5, 5.41) is 7.14. The van der Waals surface area contributed by atoms with Crippen molar-refractivity contribution in [1.82, 2.24) is 24.9 Å². The molecular weight excluding hydrogens is 392 g/mol. The van der Waals surface area contributed by atoms with E-state index in [1.54, 1.807) is 12.4 Å². The van der Waals surface area contributed by atoms with E-state index in [0.717, 1.165) is 43.0 Å². The van der Waals surface area contributed by atoms with Gasteiger partial charge in [0.2, 0.25) is 17.6 Å². The van der Waals surface area contributed by atoms with Crippen LogP contribution < -0.4 is 5.32 Å². The van der Waals surface area contributed by atoms with Gasteiger partial charge >= 0.3 is 0 Å². The first-order chi connectivity index (χ1) is 15.0. The lowest BCUT2D eigenvalue weighted by Crippen LogP contribution is -2.49. The zero-order valence-electron chi connectivity index (χ0n) is 18.2. The molecular formula is C23H28N6O2. The number of aromatic nitrogens is 3. The van der Waals surface area contributed by atoms with E-state index in [2.05, 4.69) is 50.2 Å². The highest BCUT2D eigenvalue weighted by Gasteiger charge is 2.26. The molecule has 3 aromatic rings. The average Bonchev–Trinajstić information content (AvgIpc) is 3.28. The van der Waals surface area contributed by atoms with Gasteiger partial charge in [-0.1, -0.05) is 17.3 Å². The Morgan fingerprint density at radius 1 is 1.16 bits per heavy atom. The summed E-state index contributed by atoms with van der Waals surface area (Å²) in [5.74, 6) is 1.17. The number of nitrogens with zero attached hydrogens (tertiary/aromatic N) is 5. The van der Waals surface area contributed by atoms with Crippen molar-refractivity contribution in [1.29, 1.82) is 0 Å². The van der Waals surface area contributed by atoms with E-state index in [4.69, 9.17) is 4.52 Å². The van der Waals surface area contributed by atoms with Gasteiger partial charge in [0.15, 0.2) is 0 Å². The Morgan fingerprint density at radius 3 is 2.71 bits per heavy atom.